The number of carbonyl (C=O) groups excluding carboxylic acids is 2. The molecule has 0 aliphatic carbocycles. The van der Waals surface area contributed by atoms with Crippen LogP contribution in [0.2, 0.25) is 0 Å². The molecule has 6 nitrogen and oxygen atoms in total. The zero-order valence-electron chi connectivity index (χ0n) is 20.5. The van der Waals surface area contributed by atoms with Crippen LogP contribution < -0.4 is 10.6 Å². The summed E-state index contributed by atoms with van der Waals surface area (Å²) in [5.41, 5.74) is 5.53. The lowest BCUT2D eigenvalue weighted by Crippen LogP contribution is -2.25. The lowest BCUT2D eigenvalue weighted by atomic mass is 9.89. The topological polar surface area (TPSA) is 73.8 Å². The molecule has 1 aliphatic rings. The maximum absolute atomic E-state index is 13.2. The number of hydrogen-bond donors (Lipinski definition) is 2. The normalized spacial score (nSPS) is 15.1. The van der Waals surface area contributed by atoms with E-state index < -0.39 is 5.92 Å². The second kappa shape index (κ2) is 11.1. The predicted octanol–water partition coefficient (Wildman–Crippen LogP) is 5.13. The number of rotatable bonds is 9. The van der Waals surface area contributed by atoms with E-state index in [1.807, 2.05) is 62.6 Å². The summed E-state index contributed by atoms with van der Waals surface area (Å²) in [5, 5.41) is 5.93. The average molecular weight is 469 g/mol. The Bertz CT molecular complexity index is 1220. The Kier molecular flexibility index (Phi) is 7.73. The van der Waals surface area contributed by atoms with E-state index in [2.05, 4.69) is 34.6 Å². The van der Waals surface area contributed by atoms with Crippen LogP contribution in [0.1, 0.15) is 52.7 Å². The molecule has 0 saturated carbocycles. The molecule has 1 heterocycles. The molecular weight excluding hydrogens is 436 g/mol. The number of nitrogens with one attached hydrogen (secondary N) is 2. The van der Waals surface area contributed by atoms with E-state index in [1.54, 1.807) is 12.1 Å². The molecule has 0 fully saturated rings. The van der Waals surface area contributed by atoms with Gasteiger partial charge in [0.2, 0.25) is 5.91 Å². The SMILES string of the molecule is CCCCNC(=O)c1ccc2c(c1)C(C(=Nc1ccc(CN(C)C)cc1)c1ccccc1)C(=O)N2. The maximum atomic E-state index is 13.2. The number of aliphatic imine (C=N–C) groups is 1. The Morgan fingerprint density at radius 2 is 1.74 bits per heavy atom. The second-order valence-electron chi connectivity index (χ2n) is 9.10. The smallest absolute Gasteiger partial charge is 0.251 e. The molecular formula is C29H32N4O2. The molecule has 6 heteroatoms. The Hall–Kier alpha value is -3.77. The van der Waals surface area contributed by atoms with Crippen molar-refractivity contribution in [2.45, 2.75) is 32.2 Å². The third-order valence-electron chi connectivity index (χ3n) is 5.99. The van der Waals surface area contributed by atoms with E-state index in [9.17, 15) is 9.59 Å². The minimum atomic E-state index is -0.614. The van der Waals surface area contributed by atoms with E-state index in [-0.39, 0.29) is 11.8 Å². The first-order chi connectivity index (χ1) is 17.0. The molecule has 180 valence electrons. The molecule has 4 rings (SSSR count). The molecule has 0 radical (unpaired) electrons. The lowest BCUT2D eigenvalue weighted by Gasteiger charge is -2.15. The highest BCUT2D eigenvalue weighted by atomic mass is 16.2. The molecule has 3 aromatic rings. The number of hydrogen-bond acceptors (Lipinski definition) is 4. The fourth-order valence-electron chi connectivity index (χ4n) is 4.24. The summed E-state index contributed by atoms with van der Waals surface area (Å²) in [6.45, 7) is 3.56. The van der Waals surface area contributed by atoms with Gasteiger partial charge >= 0.3 is 0 Å². The number of anilines is 1. The van der Waals surface area contributed by atoms with Crippen molar-refractivity contribution in [3.63, 3.8) is 0 Å². The lowest BCUT2D eigenvalue weighted by molar-refractivity contribution is -0.115. The van der Waals surface area contributed by atoms with Crippen molar-refractivity contribution in [1.82, 2.24) is 10.2 Å². The molecule has 0 spiro atoms. The van der Waals surface area contributed by atoms with Gasteiger partial charge < -0.3 is 15.5 Å². The van der Waals surface area contributed by atoms with Gasteiger partial charge in [-0.25, -0.2) is 0 Å². The van der Waals surface area contributed by atoms with Crippen molar-refractivity contribution in [3.8, 4) is 0 Å². The first-order valence-electron chi connectivity index (χ1n) is 12.1. The molecule has 3 aromatic carbocycles. The molecule has 0 bridgehead atoms. The summed E-state index contributed by atoms with van der Waals surface area (Å²) in [6, 6.07) is 23.2. The van der Waals surface area contributed by atoms with Gasteiger partial charge in [-0.15, -0.1) is 0 Å². The van der Waals surface area contributed by atoms with Crippen molar-refractivity contribution in [3.05, 3.63) is 95.1 Å². The quantitative estimate of drug-likeness (QED) is 0.338. The fraction of sp³-hybridized carbons (Fsp3) is 0.276. The molecule has 35 heavy (non-hydrogen) atoms. The third kappa shape index (κ3) is 5.84. The fourth-order valence-corrected chi connectivity index (χ4v) is 4.24. The van der Waals surface area contributed by atoms with Crippen LogP contribution in [0.5, 0.6) is 0 Å². The van der Waals surface area contributed by atoms with Crippen LogP contribution in [0.3, 0.4) is 0 Å². The molecule has 0 saturated heterocycles. The van der Waals surface area contributed by atoms with Crippen molar-refractivity contribution in [1.29, 1.82) is 0 Å². The number of amides is 2. The van der Waals surface area contributed by atoms with Crippen molar-refractivity contribution >= 4 is 28.9 Å². The molecule has 1 aliphatic heterocycles. The van der Waals surface area contributed by atoms with Gasteiger partial charge in [0.1, 0.15) is 5.92 Å². The van der Waals surface area contributed by atoms with Gasteiger partial charge in [-0.2, -0.15) is 0 Å². The van der Waals surface area contributed by atoms with Gasteiger partial charge in [0.15, 0.2) is 0 Å². The summed E-state index contributed by atoms with van der Waals surface area (Å²) < 4.78 is 0. The first-order valence-corrected chi connectivity index (χ1v) is 12.1. The summed E-state index contributed by atoms with van der Waals surface area (Å²) in [6.07, 6.45) is 1.94. The summed E-state index contributed by atoms with van der Waals surface area (Å²) >= 11 is 0. The van der Waals surface area contributed by atoms with Crippen LogP contribution in [-0.4, -0.2) is 43.1 Å². The number of unbranched alkanes of at least 4 members (excludes halogenated alkanes) is 1. The van der Waals surface area contributed by atoms with Crippen LogP contribution in [0.25, 0.3) is 0 Å². The Morgan fingerprint density at radius 1 is 1.00 bits per heavy atom. The predicted molar refractivity (Wildman–Crippen MR) is 142 cm³/mol. The van der Waals surface area contributed by atoms with Gasteiger partial charge in [0.25, 0.3) is 5.91 Å². The number of fused-ring (bicyclic) bond motifs is 1. The van der Waals surface area contributed by atoms with E-state index in [0.717, 1.165) is 41.9 Å². The number of benzene rings is 3. The highest BCUT2D eigenvalue weighted by molar-refractivity contribution is 6.24. The minimum Gasteiger partial charge on any atom is -0.352 e. The third-order valence-corrected chi connectivity index (χ3v) is 5.99. The highest BCUT2D eigenvalue weighted by Crippen LogP contribution is 2.37. The second-order valence-corrected chi connectivity index (χ2v) is 9.10. The van der Waals surface area contributed by atoms with Crippen LogP contribution >= 0.6 is 0 Å². The van der Waals surface area contributed by atoms with Crippen LogP contribution in [0.4, 0.5) is 11.4 Å². The van der Waals surface area contributed by atoms with Crippen molar-refractivity contribution in [2.24, 2.45) is 4.99 Å². The number of carbonyl (C=O) groups is 2. The molecule has 2 N–H and O–H groups in total. The Morgan fingerprint density at radius 3 is 2.43 bits per heavy atom. The van der Waals surface area contributed by atoms with Crippen molar-refractivity contribution in [2.75, 3.05) is 26.0 Å². The van der Waals surface area contributed by atoms with E-state index in [0.29, 0.717) is 17.8 Å². The van der Waals surface area contributed by atoms with Crippen LogP contribution in [0, 0.1) is 0 Å². The van der Waals surface area contributed by atoms with Gasteiger partial charge in [0, 0.05) is 24.3 Å². The standard InChI is InChI=1S/C29H32N4O2/c1-4-5-17-30-28(34)22-13-16-25-24(18-22)26(29(35)32-25)27(21-9-7-6-8-10-21)31-23-14-11-20(12-15-23)19-33(2)3/h6-16,18,26H,4-5,17,19H2,1-3H3,(H,30,34)(H,32,35). The molecule has 1 atom stereocenters. The van der Waals surface area contributed by atoms with Gasteiger partial charge in [0.05, 0.1) is 11.4 Å². The van der Waals surface area contributed by atoms with Gasteiger partial charge in [-0.1, -0.05) is 55.8 Å². The van der Waals surface area contributed by atoms with Crippen LogP contribution in [-0.2, 0) is 11.3 Å². The minimum absolute atomic E-state index is 0.131. The van der Waals surface area contributed by atoms with Gasteiger partial charge in [-0.3, -0.25) is 14.6 Å². The monoisotopic (exact) mass is 468 g/mol. The largest absolute Gasteiger partial charge is 0.352 e. The maximum Gasteiger partial charge on any atom is 0.251 e. The highest BCUT2D eigenvalue weighted by Gasteiger charge is 2.36. The molecule has 0 aromatic heterocycles. The molecule has 1 unspecified atom stereocenters. The summed E-state index contributed by atoms with van der Waals surface area (Å²) in [5.74, 6) is -0.887. The Balaban J connectivity index is 1.72. The number of nitrogens with zero attached hydrogens (tertiary/aromatic N) is 2. The van der Waals surface area contributed by atoms with E-state index in [1.165, 1.54) is 5.56 Å². The average Bonchev–Trinajstić information content (AvgIpc) is 3.18. The van der Waals surface area contributed by atoms with E-state index >= 15 is 0 Å². The zero-order chi connectivity index (χ0) is 24.8. The Labute approximate surface area is 207 Å². The first kappa shape index (κ1) is 24.4. The van der Waals surface area contributed by atoms with Crippen LogP contribution in [0.15, 0.2) is 77.8 Å². The van der Waals surface area contributed by atoms with Gasteiger partial charge in [-0.05, 0) is 67.5 Å². The van der Waals surface area contributed by atoms with Crippen molar-refractivity contribution < 1.29 is 9.59 Å². The van der Waals surface area contributed by atoms with E-state index in [4.69, 9.17) is 4.99 Å². The summed E-state index contributed by atoms with van der Waals surface area (Å²) in [4.78, 5) is 33.0. The summed E-state index contributed by atoms with van der Waals surface area (Å²) in [7, 11) is 4.07. The molecule has 2 amide bonds. The zero-order valence-corrected chi connectivity index (χ0v) is 20.5.